The third-order valence-electron chi connectivity index (χ3n) is 2.07. The number of hydrogen-bond acceptors (Lipinski definition) is 3. The number of nitrogen functional groups attached to an aromatic ring is 1. The van der Waals surface area contributed by atoms with Crippen LogP contribution in [0, 0.1) is 11.2 Å². The van der Waals surface area contributed by atoms with E-state index in [9.17, 15) is 4.39 Å². The van der Waals surface area contributed by atoms with Crippen LogP contribution in [-0.2, 0) is 0 Å². The van der Waals surface area contributed by atoms with Crippen molar-refractivity contribution in [2.45, 2.75) is 0 Å². The van der Waals surface area contributed by atoms with Gasteiger partial charge in [0.1, 0.15) is 11.7 Å². The van der Waals surface area contributed by atoms with E-state index >= 15 is 0 Å². The number of rotatable bonds is 2. The highest BCUT2D eigenvalue weighted by atomic mass is 19.1. The number of benzene rings is 1. The molecule has 5 heteroatoms. The molecule has 4 nitrogen and oxygen atoms in total. The first-order valence-corrected chi connectivity index (χ1v) is 4.59. The molecule has 0 fully saturated rings. The summed E-state index contributed by atoms with van der Waals surface area (Å²) in [5, 5.41) is 7.19. The number of halogens is 1. The summed E-state index contributed by atoms with van der Waals surface area (Å²) in [7, 11) is 0. The zero-order valence-corrected chi connectivity index (χ0v) is 8.31. The Bertz CT molecular complexity index is 505. The Morgan fingerprint density at radius 2 is 1.69 bits per heavy atom. The maximum atomic E-state index is 12.7. The Hall–Kier alpha value is -2.30. The normalized spacial score (nSPS) is 10.1. The number of hydrogen-bond donors (Lipinski definition) is 2. The summed E-state index contributed by atoms with van der Waals surface area (Å²) >= 11 is 0. The number of amidine groups is 1. The van der Waals surface area contributed by atoms with E-state index in [2.05, 4.69) is 9.97 Å². The van der Waals surface area contributed by atoms with Crippen molar-refractivity contribution in [3.05, 3.63) is 48.0 Å². The van der Waals surface area contributed by atoms with Gasteiger partial charge in [-0.2, -0.15) is 0 Å². The van der Waals surface area contributed by atoms with Gasteiger partial charge in [-0.25, -0.2) is 14.4 Å². The first-order valence-electron chi connectivity index (χ1n) is 4.59. The number of aromatic nitrogens is 2. The molecule has 80 valence electrons. The van der Waals surface area contributed by atoms with Gasteiger partial charge in [-0.15, -0.1) is 0 Å². The summed E-state index contributed by atoms with van der Waals surface area (Å²) in [6.45, 7) is 0. The van der Waals surface area contributed by atoms with Crippen LogP contribution < -0.4 is 5.73 Å². The first kappa shape index (κ1) is 10.2. The van der Waals surface area contributed by atoms with E-state index in [1.165, 1.54) is 24.5 Å². The maximum Gasteiger partial charge on any atom is 0.159 e. The van der Waals surface area contributed by atoms with Crippen molar-refractivity contribution in [1.82, 2.24) is 9.97 Å². The van der Waals surface area contributed by atoms with E-state index in [4.69, 9.17) is 11.1 Å². The van der Waals surface area contributed by atoms with E-state index in [0.717, 1.165) is 5.56 Å². The minimum atomic E-state index is -0.302. The summed E-state index contributed by atoms with van der Waals surface area (Å²) in [4.78, 5) is 8.09. The summed E-state index contributed by atoms with van der Waals surface area (Å²) in [6.07, 6.45) is 2.93. The van der Waals surface area contributed by atoms with Crippen LogP contribution in [0.1, 0.15) is 5.56 Å². The lowest BCUT2D eigenvalue weighted by molar-refractivity contribution is 0.628. The molecule has 0 spiro atoms. The average Bonchev–Trinajstić information content (AvgIpc) is 2.30. The van der Waals surface area contributed by atoms with E-state index in [0.29, 0.717) is 11.4 Å². The van der Waals surface area contributed by atoms with Gasteiger partial charge < -0.3 is 5.73 Å². The minimum Gasteiger partial charge on any atom is -0.384 e. The van der Waals surface area contributed by atoms with Gasteiger partial charge in [0.15, 0.2) is 5.82 Å². The molecule has 0 saturated carbocycles. The van der Waals surface area contributed by atoms with Crippen LogP contribution in [0.15, 0.2) is 36.7 Å². The van der Waals surface area contributed by atoms with Crippen molar-refractivity contribution in [3.8, 4) is 11.4 Å². The smallest absolute Gasteiger partial charge is 0.159 e. The summed E-state index contributed by atoms with van der Waals surface area (Å²) in [5.74, 6) is 0.0970. The van der Waals surface area contributed by atoms with Crippen LogP contribution in [0.2, 0.25) is 0 Å². The van der Waals surface area contributed by atoms with Gasteiger partial charge >= 0.3 is 0 Å². The van der Waals surface area contributed by atoms with Crippen LogP contribution in [0.5, 0.6) is 0 Å². The Balaban J connectivity index is 2.34. The van der Waals surface area contributed by atoms with Gasteiger partial charge in [-0.3, -0.25) is 5.41 Å². The molecule has 16 heavy (non-hydrogen) atoms. The molecule has 1 aromatic heterocycles. The molecule has 2 aromatic rings. The SMILES string of the molecule is N=C(N)c1cnc(-c2ccc(F)cc2)nc1. The molecule has 0 amide bonds. The first-order chi connectivity index (χ1) is 7.66. The van der Waals surface area contributed by atoms with Crippen molar-refractivity contribution < 1.29 is 4.39 Å². The lowest BCUT2D eigenvalue weighted by Gasteiger charge is -2.01. The molecule has 0 aliphatic rings. The van der Waals surface area contributed by atoms with Gasteiger partial charge in [0, 0.05) is 18.0 Å². The lowest BCUT2D eigenvalue weighted by atomic mass is 10.2. The molecule has 0 atom stereocenters. The van der Waals surface area contributed by atoms with Gasteiger partial charge in [0.05, 0.1) is 5.56 Å². The molecule has 1 aromatic carbocycles. The molecule has 1 heterocycles. The molecule has 3 N–H and O–H groups in total. The third-order valence-corrected chi connectivity index (χ3v) is 2.07. The Labute approximate surface area is 91.5 Å². The predicted octanol–water partition coefficient (Wildman–Crippen LogP) is 1.57. The highest BCUT2D eigenvalue weighted by molar-refractivity contribution is 5.94. The van der Waals surface area contributed by atoms with E-state index < -0.39 is 0 Å². The van der Waals surface area contributed by atoms with Crippen LogP contribution in [-0.4, -0.2) is 15.8 Å². The number of nitrogens with zero attached hydrogens (tertiary/aromatic N) is 2. The molecule has 0 aliphatic heterocycles. The Morgan fingerprint density at radius 3 is 2.19 bits per heavy atom. The van der Waals surface area contributed by atoms with Crippen molar-refractivity contribution in [1.29, 1.82) is 5.41 Å². The van der Waals surface area contributed by atoms with E-state index in [-0.39, 0.29) is 11.7 Å². The summed E-state index contributed by atoms with van der Waals surface area (Å²) < 4.78 is 12.7. The van der Waals surface area contributed by atoms with Crippen molar-refractivity contribution >= 4 is 5.84 Å². The number of nitrogens with one attached hydrogen (secondary N) is 1. The predicted molar refractivity (Wildman–Crippen MR) is 58.4 cm³/mol. The van der Waals surface area contributed by atoms with E-state index in [1.807, 2.05) is 0 Å². The molecule has 2 rings (SSSR count). The summed E-state index contributed by atoms with van der Waals surface area (Å²) in [5.41, 5.74) is 6.46. The molecule has 0 radical (unpaired) electrons. The third kappa shape index (κ3) is 2.03. The molecule has 0 saturated heterocycles. The standard InChI is InChI=1S/C11H9FN4/c12-9-3-1-7(2-4-9)11-15-5-8(6-16-11)10(13)14/h1-6H,(H3,13,14). The summed E-state index contributed by atoms with van der Waals surface area (Å²) in [6, 6.07) is 5.88. The maximum absolute atomic E-state index is 12.7. The molecule has 0 bridgehead atoms. The van der Waals surface area contributed by atoms with Crippen LogP contribution >= 0.6 is 0 Å². The molecule has 0 aliphatic carbocycles. The zero-order valence-electron chi connectivity index (χ0n) is 8.31. The topological polar surface area (TPSA) is 75.7 Å². The van der Waals surface area contributed by atoms with Crippen molar-refractivity contribution in [2.75, 3.05) is 0 Å². The highest BCUT2D eigenvalue weighted by Crippen LogP contribution is 2.14. The molecule has 0 unspecified atom stereocenters. The van der Waals surface area contributed by atoms with E-state index in [1.54, 1.807) is 12.1 Å². The Morgan fingerprint density at radius 1 is 1.12 bits per heavy atom. The fraction of sp³-hybridized carbons (Fsp3) is 0. The fourth-order valence-corrected chi connectivity index (χ4v) is 1.22. The monoisotopic (exact) mass is 216 g/mol. The Kier molecular flexibility index (Phi) is 2.59. The second kappa shape index (κ2) is 4.06. The van der Waals surface area contributed by atoms with Gasteiger partial charge in [0.25, 0.3) is 0 Å². The molecular formula is C11H9FN4. The van der Waals surface area contributed by atoms with Crippen molar-refractivity contribution in [3.63, 3.8) is 0 Å². The fourth-order valence-electron chi connectivity index (χ4n) is 1.22. The van der Waals surface area contributed by atoms with Gasteiger partial charge in [0.2, 0.25) is 0 Å². The number of nitrogens with two attached hydrogens (primary N) is 1. The second-order valence-corrected chi connectivity index (χ2v) is 3.22. The second-order valence-electron chi connectivity index (χ2n) is 3.22. The zero-order chi connectivity index (χ0) is 11.5. The van der Waals surface area contributed by atoms with Crippen molar-refractivity contribution in [2.24, 2.45) is 5.73 Å². The highest BCUT2D eigenvalue weighted by Gasteiger charge is 2.02. The molecular weight excluding hydrogens is 207 g/mol. The van der Waals surface area contributed by atoms with Crippen LogP contribution in [0.25, 0.3) is 11.4 Å². The van der Waals surface area contributed by atoms with Crippen LogP contribution in [0.3, 0.4) is 0 Å². The van der Waals surface area contributed by atoms with Gasteiger partial charge in [-0.1, -0.05) is 0 Å². The quantitative estimate of drug-likeness (QED) is 0.591. The largest absolute Gasteiger partial charge is 0.384 e. The van der Waals surface area contributed by atoms with Gasteiger partial charge in [-0.05, 0) is 24.3 Å². The lowest BCUT2D eigenvalue weighted by Crippen LogP contribution is -2.11. The van der Waals surface area contributed by atoms with Crippen LogP contribution in [0.4, 0.5) is 4.39 Å². The minimum absolute atomic E-state index is 0.0781. The average molecular weight is 216 g/mol.